The molecule has 0 spiro atoms. The first-order chi connectivity index (χ1) is 9.65. The lowest BCUT2D eigenvalue weighted by molar-refractivity contribution is 0.0300. The maximum Gasteiger partial charge on any atom is 0.410 e. The van der Waals surface area contributed by atoms with Gasteiger partial charge in [-0.2, -0.15) is 0 Å². The van der Waals surface area contributed by atoms with E-state index in [-0.39, 0.29) is 6.09 Å². The first-order valence-corrected chi connectivity index (χ1v) is 7.69. The topological polar surface area (TPSA) is 55.8 Å². The number of rotatable bonds is 4. The molecule has 0 aliphatic rings. The largest absolute Gasteiger partial charge is 0.465 e. The van der Waals surface area contributed by atoms with Gasteiger partial charge in [-0.1, -0.05) is 11.6 Å². The van der Waals surface area contributed by atoms with Crippen LogP contribution in [0.5, 0.6) is 0 Å². The van der Waals surface area contributed by atoms with Crippen molar-refractivity contribution in [2.75, 3.05) is 20.7 Å². The van der Waals surface area contributed by atoms with Crippen LogP contribution in [0.2, 0.25) is 5.02 Å². The fourth-order valence-electron chi connectivity index (χ4n) is 1.50. The van der Waals surface area contributed by atoms with Crippen LogP contribution >= 0.6 is 22.9 Å². The van der Waals surface area contributed by atoms with Crippen LogP contribution in [-0.4, -0.2) is 43.3 Å². The predicted molar refractivity (Wildman–Crippen MR) is 83.2 cm³/mol. The van der Waals surface area contributed by atoms with E-state index >= 15 is 0 Å². The van der Waals surface area contributed by atoms with Gasteiger partial charge in [0.1, 0.15) is 10.5 Å². The number of carbonyl (C=O) groups excluding carboxylic acids is 2. The number of likely N-dealkylation sites (N-methyl/N-ethyl adjacent to an activating group) is 1. The molecule has 5 nitrogen and oxygen atoms in total. The van der Waals surface area contributed by atoms with Gasteiger partial charge in [0, 0.05) is 13.6 Å². The number of hydrogen-bond donors (Lipinski definition) is 0. The van der Waals surface area contributed by atoms with E-state index in [9.17, 15) is 9.59 Å². The minimum atomic E-state index is -0.524. The minimum Gasteiger partial charge on any atom is -0.465 e. The molecule has 7 heteroatoms. The molecule has 1 aromatic rings. The van der Waals surface area contributed by atoms with Gasteiger partial charge in [-0.05, 0) is 38.1 Å². The van der Waals surface area contributed by atoms with Gasteiger partial charge in [0.05, 0.1) is 12.1 Å². The van der Waals surface area contributed by atoms with Crippen LogP contribution in [0, 0.1) is 0 Å². The molecule has 0 bridgehead atoms. The normalized spacial score (nSPS) is 11.1. The van der Waals surface area contributed by atoms with E-state index in [1.807, 2.05) is 20.8 Å². The van der Waals surface area contributed by atoms with Crippen molar-refractivity contribution in [2.45, 2.75) is 32.8 Å². The number of methoxy groups -OCH3 is 1. The summed E-state index contributed by atoms with van der Waals surface area (Å²) in [6, 6.07) is 0. The van der Waals surface area contributed by atoms with Crippen molar-refractivity contribution in [3.63, 3.8) is 0 Å². The highest BCUT2D eigenvalue weighted by Gasteiger charge is 2.21. The summed E-state index contributed by atoms with van der Waals surface area (Å²) in [7, 11) is 2.98. The van der Waals surface area contributed by atoms with Crippen LogP contribution in [0.25, 0.3) is 0 Å². The summed E-state index contributed by atoms with van der Waals surface area (Å²) in [5, 5.41) is 2.20. The Labute approximate surface area is 133 Å². The predicted octanol–water partition coefficient (Wildman–Crippen LogP) is 3.60. The van der Waals surface area contributed by atoms with E-state index < -0.39 is 11.6 Å². The Morgan fingerprint density at radius 1 is 1.38 bits per heavy atom. The summed E-state index contributed by atoms with van der Waals surface area (Å²) in [5.41, 5.74) is 0.293. The summed E-state index contributed by atoms with van der Waals surface area (Å²) in [5.74, 6) is -0.447. The van der Waals surface area contributed by atoms with Crippen LogP contribution in [0.3, 0.4) is 0 Å². The monoisotopic (exact) mass is 333 g/mol. The van der Waals surface area contributed by atoms with E-state index in [0.29, 0.717) is 22.9 Å². The standard InChI is InChI=1S/C14H20ClNO4S/c1-14(2,3)20-13(18)16(4)7-6-9-8-21-11(10(9)15)12(17)19-5/h8H,6-7H2,1-5H3. The fourth-order valence-corrected chi connectivity index (χ4v) is 2.83. The molecule has 0 radical (unpaired) electrons. The van der Waals surface area contributed by atoms with Gasteiger partial charge in [0.2, 0.25) is 0 Å². The number of amides is 1. The Kier molecular flexibility index (Phi) is 6.04. The van der Waals surface area contributed by atoms with Gasteiger partial charge in [0.25, 0.3) is 0 Å². The van der Waals surface area contributed by atoms with Crippen molar-refractivity contribution in [3.8, 4) is 0 Å². The smallest absolute Gasteiger partial charge is 0.410 e. The molecule has 0 aliphatic heterocycles. The van der Waals surface area contributed by atoms with Crippen LogP contribution in [0.15, 0.2) is 5.38 Å². The molecule has 0 aliphatic carbocycles. The Bertz CT molecular complexity index is 522. The van der Waals surface area contributed by atoms with E-state index in [1.165, 1.54) is 23.3 Å². The van der Waals surface area contributed by atoms with Crippen LogP contribution < -0.4 is 0 Å². The quantitative estimate of drug-likeness (QED) is 0.790. The number of carbonyl (C=O) groups is 2. The Morgan fingerprint density at radius 3 is 2.52 bits per heavy atom. The maximum absolute atomic E-state index is 11.8. The summed E-state index contributed by atoms with van der Waals surface area (Å²) in [6.07, 6.45) is 0.157. The lowest BCUT2D eigenvalue weighted by Crippen LogP contribution is -2.35. The highest BCUT2D eigenvalue weighted by Crippen LogP contribution is 2.29. The molecule has 1 heterocycles. The Hall–Kier alpha value is -1.27. The van der Waals surface area contributed by atoms with Crippen LogP contribution in [0.1, 0.15) is 36.0 Å². The van der Waals surface area contributed by atoms with Gasteiger partial charge in [-0.15, -0.1) is 11.3 Å². The SMILES string of the molecule is COC(=O)c1scc(CCN(C)C(=O)OC(C)(C)C)c1Cl. The Balaban J connectivity index is 2.62. The highest BCUT2D eigenvalue weighted by molar-refractivity contribution is 7.12. The minimum absolute atomic E-state index is 0.383. The van der Waals surface area contributed by atoms with Crippen LogP contribution in [-0.2, 0) is 15.9 Å². The molecule has 0 saturated carbocycles. The molecular weight excluding hydrogens is 314 g/mol. The van der Waals surface area contributed by atoms with E-state index in [4.69, 9.17) is 16.3 Å². The average molecular weight is 334 g/mol. The second-order valence-electron chi connectivity index (χ2n) is 5.55. The van der Waals surface area contributed by atoms with E-state index in [0.717, 1.165) is 5.56 Å². The third-order valence-electron chi connectivity index (χ3n) is 2.59. The summed E-state index contributed by atoms with van der Waals surface area (Å²) in [6.45, 7) is 5.90. The van der Waals surface area contributed by atoms with Crippen molar-refractivity contribution in [1.29, 1.82) is 0 Å². The van der Waals surface area contributed by atoms with E-state index in [2.05, 4.69) is 4.74 Å². The molecular formula is C14H20ClNO4S. The zero-order valence-electron chi connectivity index (χ0n) is 12.9. The Morgan fingerprint density at radius 2 is 2.00 bits per heavy atom. The van der Waals surface area contributed by atoms with Crippen molar-refractivity contribution in [2.24, 2.45) is 0 Å². The van der Waals surface area contributed by atoms with Gasteiger partial charge in [-0.25, -0.2) is 9.59 Å². The summed E-state index contributed by atoms with van der Waals surface area (Å²) >= 11 is 7.38. The molecule has 0 atom stereocenters. The molecule has 0 aromatic carbocycles. The second kappa shape index (κ2) is 7.13. The fraction of sp³-hybridized carbons (Fsp3) is 0.571. The zero-order chi connectivity index (χ0) is 16.2. The van der Waals surface area contributed by atoms with Crippen molar-refractivity contribution >= 4 is 35.0 Å². The molecule has 0 unspecified atom stereocenters. The lowest BCUT2D eigenvalue weighted by Gasteiger charge is -2.24. The van der Waals surface area contributed by atoms with Crippen molar-refractivity contribution < 1.29 is 19.1 Å². The molecule has 1 aromatic heterocycles. The van der Waals surface area contributed by atoms with Crippen molar-refractivity contribution in [3.05, 3.63) is 20.8 Å². The second-order valence-corrected chi connectivity index (χ2v) is 6.81. The number of hydrogen-bond acceptors (Lipinski definition) is 5. The first kappa shape index (κ1) is 17.8. The first-order valence-electron chi connectivity index (χ1n) is 6.44. The third-order valence-corrected chi connectivity index (χ3v) is 4.15. The average Bonchev–Trinajstić information content (AvgIpc) is 2.74. The number of thiophene rings is 1. The van der Waals surface area contributed by atoms with Gasteiger partial charge < -0.3 is 14.4 Å². The number of nitrogens with zero attached hydrogens (tertiary/aromatic N) is 1. The number of halogens is 1. The van der Waals surface area contributed by atoms with Gasteiger partial charge >= 0.3 is 12.1 Å². The molecule has 0 saturated heterocycles. The molecule has 118 valence electrons. The van der Waals surface area contributed by atoms with Gasteiger partial charge in [0.15, 0.2) is 0 Å². The molecule has 0 fully saturated rings. The lowest BCUT2D eigenvalue weighted by atomic mass is 10.2. The van der Waals surface area contributed by atoms with Crippen molar-refractivity contribution in [1.82, 2.24) is 4.90 Å². The number of ether oxygens (including phenoxy) is 2. The number of esters is 1. The zero-order valence-corrected chi connectivity index (χ0v) is 14.4. The highest BCUT2D eigenvalue weighted by atomic mass is 35.5. The summed E-state index contributed by atoms with van der Waals surface area (Å²) in [4.78, 5) is 25.2. The maximum atomic E-state index is 11.8. The third kappa shape index (κ3) is 5.21. The molecule has 0 N–H and O–H groups in total. The summed E-state index contributed by atoms with van der Waals surface area (Å²) < 4.78 is 9.91. The molecule has 21 heavy (non-hydrogen) atoms. The molecule has 1 rings (SSSR count). The molecule has 1 amide bonds. The van der Waals surface area contributed by atoms with Crippen LogP contribution in [0.4, 0.5) is 4.79 Å². The van der Waals surface area contributed by atoms with Gasteiger partial charge in [-0.3, -0.25) is 0 Å². The van der Waals surface area contributed by atoms with E-state index in [1.54, 1.807) is 12.4 Å².